The molecule has 0 amide bonds. The van der Waals surface area contributed by atoms with Crippen LogP contribution in [0.1, 0.15) is 6.42 Å². The molecule has 1 aliphatic heterocycles. The number of rotatable bonds is 5. The van der Waals surface area contributed by atoms with Gasteiger partial charge in [-0.1, -0.05) is 0 Å². The van der Waals surface area contributed by atoms with Gasteiger partial charge in [-0.15, -0.1) is 0 Å². The predicted molar refractivity (Wildman–Crippen MR) is 48.8 cm³/mol. The summed E-state index contributed by atoms with van der Waals surface area (Å²) in [5.74, 6) is 0. The van der Waals surface area contributed by atoms with E-state index in [2.05, 4.69) is 14.4 Å². The molecule has 1 unspecified atom stereocenters. The first-order valence-corrected chi connectivity index (χ1v) is 5.44. The molecule has 0 aliphatic carbocycles. The maximum atomic E-state index is 10.0. The Morgan fingerprint density at radius 1 is 1.46 bits per heavy atom. The first-order chi connectivity index (χ1) is 6.29. The van der Waals surface area contributed by atoms with E-state index < -0.39 is 11.4 Å². The van der Waals surface area contributed by atoms with E-state index in [1.165, 1.54) is 0 Å². The van der Waals surface area contributed by atoms with Gasteiger partial charge in [-0.25, -0.2) is 4.21 Å². The van der Waals surface area contributed by atoms with Gasteiger partial charge in [-0.3, -0.25) is 0 Å². The average molecular weight is 207 g/mol. The maximum Gasteiger partial charge on any atom is 0.0842 e. The van der Waals surface area contributed by atoms with Crippen LogP contribution in [0.4, 0.5) is 0 Å². The number of hydrogen-bond donors (Lipinski definition) is 1. The molecule has 78 valence electrons. The summed E-state index contributed by atoms with van der Waals surface area (Å²) in [6, 6.07) is 0. The van der Waals surface area contributed by atoms with Crippen molar-refractivity contribution in [2.45, 2.75) is 6.42 Å². The van der Waals surface area contributed by atoms with Crippen molar-refractivity contribution < 1.29 is 12.9 Å². The van der Waals surface area contributed by atoms with E-state index in [9.17, 15) is 8.76 Å². The third-order valence-corrected chi connectivity index (χ3v) is 2.37. The predicted octanol–water partition coefficient (Wildman–Crippen LogP) is -0.908. The molecule has 13 heavy (non-hydrogen) atoms. The van der Waals surface area contributed by atoms with Gasteiger partial charge in [0.15, 0.2) is 0 Å². The summed E-state index contributed by atoms with van der Waals surface area (Å²) in [6.07, 6.45) is 0.772. The smallest absolute Gasteiger partial charge is 0.0842 e. The highest BCUT2D eigenvalue weighted by atomic mass is 32.2. The fourth-order valence-electron chi connectivity index (χ4n) is 1.35. The molecular formula is C7H15N2O3S-. The molecule has 0 aromatic heterocycles. The zero-order valence-corrected chi connectivity index (χ0v) is 8.35. The van der Waals surface area contributed by atoms with Crippen LogP contribution in [0.25, 0.3) is 0 Å². The third kappa shape index (κ3) is 5.33. The Morgan fingerprint density at radius 3 is 2.77 bits per heavy atom. The molecule has 0 bridgehead atoms. The summed E-state index contributed by atoms with van der Waals surface area (Å²) >= 11 is -2.35. The lowest BCUT2D eigenvalue weighted by Gasteiger charge is -2.26. The molecule has 0 aromatic rings. The van der Waals surface area contributed by atoms with Crippen molar-refractivity contribution in [1.29, 1.82) is 0 Å². The highest BCUT2D eigenvalue weighted by molar-refractivity contribution is 7.74. The first-order valence-electron chi connectivity index (χ1n) is 4.44. The van der Waals surface area contributed by atoms with Crippen LogP contribution in [0.3, 0.4) is 0 Å². The van der Waals surface area contributed by atoms with E-state index in [1.54, 1.807) is 0 Å². The fraction of sp³-hybridized carbons (Fsp3) is 1.00. The Bertz CT molecular complexity index is 162. The van der Waals surface area contributed by atoms with Gasteiger partial charge in [-0.2, -0.15) is 0 Å². The van der Waals surface area contributed by atoms with Gasteiger partial charge in [0, 0.05) is 32.7 Å². The number of piperazine rings is 1. The minimum Gasteiger partial charge on any atom is -0.750 e. The van der Waals surface area contributed by atoms with E-state index in [-0.39, 0.29) is 0 Å². The highest BCUT2D eigenvalue weighted by Gasteiger charge is 2.07. The van der Waals surface area contributed by atoms with Gasteiger partial charge in [0.25, 0.3) is 0 Å². The van der Waals surface area contributed by atoms with Gasteiger partial charge in [-0.05, 0) is 6.42 Å². The molecule has 0 saturated carbocycles. The number of nitrogens with one attached hydrogen (secondary N) is 1. The van der Waals surface area contributed by atoms with Crippen molar-refractivity contribution in [2.24, 2.45) is 0 Å². The van der Waals surface area contributed by atoms with Crippen molar-refractivity contribution in [1.82, 2.24) is 10.2 Å². The van der Waals surface area contributed by atoms with E-state index in [0.29, 0.717) is 6.61 Å². The summed E-state index contributed by atoms with van der Waals surface area (Å²) in [7, 11) is 0. The molecule has 1 atom stereocenters. The second-order valence-electron chi connectivity index (χ2n) is 2.97. The van der Waals surface area contributed by atoms with Crippen molar-refractivity contribution >= 4 is 11.4 Å². The summed E-state index contributed by atoms with van der Waals surface area (Å²) in [4.78, 5) is 2.30. The normalized spacial score (nSPS) is 21.6. The zero-order valence-electron chi connectivity index (χ0n) is 7.53. The van der Waals surface area contributed by atoms with E-state index in [4.69, 9.17) is 0 Å². The molecule has 0 spiro atoms. The largest absolute Gasteiger partial charge is 0.750 e. The van der Waals surface area contributed by atoms with Crippen molar-refractivity contribution in [2.75, 3.05) is 39.3 Å². The van der Waals surface area contributed by atoms with Crippen LogP contribution in [0.5, 0.6) is 0 Å². The molecule has 1 fully saturated rings. The summed E-state index contributed by atoms with van der Waals surface area (Å²) in [6.45, 7) is 5.34. The number of hydrogen-bond acceptors (Lipinski definition) is 5. The van der Waals surface area contributed by atoms with Crippen LogP contribution in [0.2, 0.25) is 0 Å². The van der Waals surface area contributed by atoms with Crippen LogP contribution < -0.4 is 5.32 Å². The van der Waals surface area contributed by atoms with Crippen LogP contribution in [-0.4, -0.2) is 53.0 Å². The van der Waals surface area contributed by atoms with Crippen LogP contribution in [-0.2, 0) is 15.5 Å². The fourth-order valence-corrected chi connectivity index (χ4v) is 1.60. The Kier molecular flexibility index (Phi) is 5.49. The molecule has 0 radical (unpaired) electrons. The van der Waals surface area contributed by atoms with Crippen molar-refractivity contribution in [3.63, 3.8) is 0 Å². The first kappa shape index (κ1) is 11.1. The SMILES string of the molecule is O=S([O-])OCCCN1CCNCC1. The number of nitrogens with zero attached hydrogens (tertiary/aromatic N) is 1. The summed E-state index contributed by atoms with van der Waals surface area (Å²) in [5, 5.41) is 3.25. The van der Waals surface area contributed by atoms with E-state index in [1.807, 2.05) is 0 Å². The maximum absolute atomic E-state index is 10.0. The van der Waals surface area contributed by atoms with Crippen LogP contribution in [0, 0.1) is 0 Å². The van der Waals surface area contributed by atoms with Crippen LogP contribution >= 0.6 is 0 Å². The van der Waals surface area contributed by atoms with Crippen LogP contribution in [0.15, 0.2) is 0 Å². The second-order valence-corrected chi connectivity index (χ2v) is 3.62. The Labute approximate surface area is 80.9 Å². The summed E-state index contributed by atoms with van der Waals surface area (Å²) < 4.78 is 24.4. The second kappa shape index (κ2) is 6.44. The summed E-state index contributed by atoms with van der Waals surface area (Å²) in [5.41, 5.74) is 0. The molecule has 1 rings (SSSR count). The standard InChI is InChI=1S/C7H16N2O3S/c10-13(11)12-7-1-4-9-5-2-8-3-6-9/h8H,1-7H2,(H,10,11)/p-1. The van der Waals surface area contributed by atoms with E-state index in [0.717, 1.165) is 39.1 Å². The Hall–Kier alpha value is -0.0100. The minimum absolute atomic E-state index is 0.292. The van der Waals surface area contributed by atoms with Gasteiger partial charge in [0.2, 0.25) is 0 Å². The lowest BCUT2D eigenvalue weighted by Crippen LogP contribution is -2.43. The minimum atomic E-state index is -2.35. The Balaban J connectivity index is 1.95. The Morgan fingerprint density at radius 2 is 2.15 bits per heavy atom. The van der Waals surface area contributed by atoms with Gasteiger partial charge in [0.05, 0.1) is 18.0 Å². The molecule has 1 saturated heterocycles. The highest BCUT2D eigenvalue weighted by Crippen LogP contribution is 1.95. The zero-order chi connectivity index (χ0) is 9.52. The van der Waals surface area contributed by atoms with Crippen molar-refractivity contribution in [3.8, 4) is 0 Å². The third-order valence-electron chi connectivity index (χ3n) is 2.01. The topological polar surface area (TPSA) is 64.6 Å². The van der Waals surface area contributed by atoms with Crippen molar-refractivity contribution in [3.05, 3.63) is 0 Å². The molecule has 1 N–H and O–H groups in total. The molecule has 0 aromatic carbocycles. The lowest BCUT2D eigenvalue weighted by molar-refractivity contribution is 0.213. The quantitative estimate of drug-likeness (QED) is 0.467. The molecular weight excluding hydrogens is 192 g/mol. The van der Waals surface area contributed by atoms with Gasteiger partial charge in [0.1, 0.15) is 0 Å². The van der Waals surface area contributed by atoms with Gasteiger partial charge >= 0.3 is 0 Å². The van der Waals surface area contributed by atoms with E-state index >= 15 is 0 Å². The lowest BCUT2D eigenvalue weighted by atomic mass is 10.3. The molecule has 1 aliphatic rings. The average Bonchev–Trinajstić information content (AvgIpc) is 2.14. The van der Waals surface area contributed by atoms with Gasteiger partial charge < -0.3 is 19.0 Å². The molecule has 5 nitrogen and oxygen atoms in total. The molecule has 6 heteroatoms. The molecule has 1 heterocycles. The monoisotopic (exact) mass is 207 g/mol.